The Morgan fingerprint density at radius 1 is 1.38 bits per heavy atom. The van der Waals surface area contributed by atoms with Gasteiger partial charge in [0.1, 0.15) is 5.69 Å². The second-order valence-electron chi connectivity index (χ2n) is 2.08. The Balaban J connectivity index is 2.92. The predicted molar refractivity (Wildman–Crippen MR) is 37.8 cm³/mol. The minimum atomic E-state index is -4.51. The molecule has 0 unspecified atom stereocenters. The van der Waals surface area contributed by atoms with Crippen LogP contribution in [0, 0.1) is 0 Å². The molecule has 0 spiro atoms. The van der Waals surface area contributed by atoms with E-state index in [-0.39, 0.29) is 13.6 Å². The first-order valence-corrected chi connectivity index (χ1v) is 3.21. The normalized spacial score (nSPS) is 11.1. The molecule has 13 heavy (non-hydrogen) atoms. The molecule has 0 saturated heterocycles. The summed E-state index contributed by atoms with van der Waals surface area (Å²) in [7, 11) is 0.266. The average Bonchev–Trinajstić information content (AvgIpc) is 2.04. The van der Waals surface area contributed by atoms with E-state index in [1.807, 2.05) is 0 Å². The molecular formula is C6H4BF3NO2. The lowest BCUT2D eigenvalue weighted by atomic mass is 10.3. The number of pyridine rings is 1. The minimum Gasteiger partial charge on any atom is -0.523 e. The van der Waals surface area contributed by atoms with Crippen molar-refractivity contribution in [3.8, 4) is 5.88 Å². The molecule has 0 fully saturated rings. The Morgan fingerprint density at radius 2 is 2.08 bits per heavy atom. The first kappa shape index (κ1) is 9.85. The zero-order valence-electron chi connectivity index (χ0n) is 6.25. The first-order chi connectivity index (χ1) is 6.04. The zero-order valence-corrected chi connectivity index (χ0v) is 6.25. The van der Waals surface area contributed by atoms with Crippen molar-refractivity contribution in [3.05, 3.63) is 23.9 Å². The van der Waals surface area contributed by atoms with Crippen molar-refractivity contribution < 1.29 is 22.8 Å². The molecule has 0 aromatic carbocycles. The van der Waals surface area contributed by atoms with Crippen molar-refractivity contribution >= 4 is 7.69 Å². The van der Waals surface area contributed by atoms with Gasteiger partial charge in [-0.3, -0.25) is 0 Å². The standard InChI is InChI=1S/C6H4BF3NO2/c8-6(9,10)4-2-1-3-5(11-4)13-7-12/h1-3,12H. The number of nitrogens with zero attached hydrogens (tertiary/aromatic N) is 1. The highest BCUT2D eigenvalue weighted by molar-refractivity contribution is 6.17. The van der Waals surface area contributed by atoms with Crippen LogP contribution in [0.25, 0.3) is 0 Å². The molecule has 69 valence electrons. The van der Waals surface area contributed by atoms with Gasteiger partial charge in [0, 0.05) is 0 Å². The molecule has 1 aromatic rings. The molecule has 0 bridgehead atoms. The fourth-order valence-electron chi connectivity index (χ4n) is 0.692. The third-order valence-corrected chi connectivity index (χ3v) is 1.19. The Labute approximate surface area is 72.5 Å². The highest BCUT2D eigenvalue weighted by Gasteiger charge is 2.32. The molecule has 1 radical (unpaired) electrons. The summed E-state index contributed by atoms with van der Waals surface area (Å²) in [5, 5.41) is 8.14. The lowest BCUT2D eigenvalue weighted by Crippen LogP contribution is -2.09. The molecule has 0 atom stereocenters. The molecule has 0 aliphatic heterocycles. The molecular weight excluding hydrogens is 186 g/mol. The Kier molecular flexibility index (Phi) is 2.77. The monoisotopic (exact) mass is 190 g/mol. The van der Waals surface area contributed by atoms with Gasteiger partial charge in [0.2, 0.25) is 0 Å². The SMILES string of the molecule is O[B]Oc1cccc(C(F)(F)F)n1. The van der Waals surface area contributed by atoms with Gasteiger partial charge in [-0.05, 0) is 12.1 Å². The summed E-state index contributed by atoms with van der Waals surface area (Å²) in [6.07, 6.45) is -4.51. The van der Waals surface area contributed by atoms with Crippen LogP contribution >= 0.6 is 0 Å². The van der Waals surface area contributed by atoms with Gasteiger partial charge in [0.25, 0.3) is 0 Å². The van der Waals surface area contributed by atoms with Gasteiger partial charge >= 0.3 is 13.9 Å². The molecule has 0 saturated carbocycles. The molecule has 7 heteroatoms. The van der Waals surface area contributed by atoms with Crippen molar-refractivity contribution in [1.29, 1.82) is 0 Å². The molecule has 0 aliphatic carbocycles. The molecule has 0 aliphatic rings. The van der Waals surface area contributed by atoms with Crippen LogP contribution in [0.1, 0.15) is 5.69 Å². The van der Waals surface area contributed by atoms with Gasteiger partial charge in [-0.25, -0.2) is 4.98 Å². The topological polar surface area (TPSA) is 42.4 Å². The van der Waals surface area contributed by atoms with Gasteiger partial charge in [0.15, 0.2) is 5.88 Å². The van der Waals surface area contributed by atoms with Gasteiger partial charge < -0.3 is 9.68 Å². The van der Waals surface area contributed by atoms with Crippen LogP contribution in [0.5, 0.6) is 5.88 Å². The highest BCUT2D eigenvalue weighted by atomic mass is 19.4. The second-order valence-corrected chi connectivity index (χ2v) is 2.08. The van der Waals surface area contributed by atoms with E-state index < -0.39 is 11.9 Å². The molecule has 0 amide bonds. The van der Waals surface area contributed by atoms with Crippen LogP contribution in [-0.4, -0.2) is 17.7 Å². The van der Waals surface area contributed by atoms with E-state index in [1.54, 1.807) is 0 Å². The van der Waals surface area contributed by atoms with E-state index in [0.29, 0.717) is 0 Å². The number of hydrogen-bond acceptors (Lipinski definition) is 3. The molecule has 1 rings (SSSR count). The van der Waals surface area contributed by atoms with E-state index in [9.17, 15) is 13.2 Å². The number of aromatic nitrogens is 1. The summed E-state index contributed by atoms with van der Waals surface area (Å²) in [6, 6.07) is 3.14. The van der Waals surface area contributed by atoms with E-state index in [4.69, 9.17) is 5.02 Å². The van der Waals surface area contributed by atoms with Gasteiger partial charge in [0.05, 0.1) is 0 Å². The van der Waals surface area contributed by atoms with Crippen LogP contribution in [0.15, 0.2) is 18.2 Å². The summed E-state index contributed by atoms with van der Waals surface area (Å²) in [4.78, 5) is 3.10. The molecule has 1 N–H and O–H groups in total. The van der Waals surface area contributed by atoms with Crippen LogP contribution in [0.2, 0.25) is 0 Å². The third-order valence-electron chi connectivity index (χ3n) is 1.19. The lowest BCUT2D eigenvalue weighted by Gasteiger charge is -2.06. The maximum atomic E-state index is 12.0. The first-order valence-electron chi connectivity index (χ1n) is 3.21. The van der Waals surface area contributed by atoms with Crippen molar-refractivity contribution in [2.75, 3.05) is 0 Å². The largest absolute Gasteiger partial charge is 0.570 e. The van der Waals surface area contributed by atoms with E-state index in [1.165, 1.54) is 6.07 Å². The van der Waals surface area contributed by atoms with E-state index in [2.05, 4.69) is 9.64 Å². The van der Waals surface area contributed by atoms with Crippen molar-refractivity contribution in [3.63, 3.8) is 0 Å². The van der Waals surface area contributed by atoms with Crippen molar-refractivity contribution in [2.45, 2.75) is 6.18 Å². The third kappa shape index (κ3) is 2.62. The number of alkyl halides is 3. The maximum absolute atomic E-state index is 12.0. The Morgan fingerprint density at radius 3 is 2.62 bits per heavy atom. The fourth-order valence-corrected chi connectivity index (χ4v) is 0.692. The molecule has 1 heterocycles. The summed E-state index contributed by atoms with van der Waals surface area (Å²) in [5.41, 5.74) is -1.06. The Hall–Kier alpha value is -1.24. The lowest BCUT2D eigenvalue weighted by molar-refractivity contribution is -0.141. The van der Waals surface area contributed by atoms with Crippen LogP contribution in [0.4, 0.5) is 13.2 Å². The van der Waals surface area contributed by atoms with Crippen LogP contribution in [0.3, 0.4) is 0 Å². The quantitative estimate of drug-likeness (QED) is 0.707. The zero-order chi connectivity index (χ0) is 9.90. The van der Waals surface area contributed by atoms with E-state index in [0.717, 1.165) is 12.1 Å². The van der Waals surface area contributed by atoms with Crippen molar-refractivity contribution in [1.82, 2.24) is 4.98 Å². The van der Waals surface area contributed by atoms with Crippen LogP contribution in [-0.2, 0) is 6.18 Å². The highest BCUT2D eigenvalue weighted by Crippen LogP contribution is 2.28. The van der Waals surface area contributed by atoms with Gasteiger partial charge in [-0.1, -0.05) is 6.07 Å². The predicted octanol–water partition coefficient (Wildman–Crippen LogP) is 1.01. The minimum absolute atomic E-state index is 0.266. The molecule has 1 aromatic heterocycles. The van der Waals surface area contributed by atoms with Crippen LogP contribution < -0.4 is 4.65 Å². The number of rotatable bonds is 2. The average molecular weight is 190 g/mol. The summed E-state index contributed by atoms with van der Waals surface area (Å²) in [6.45, 7) is 0. The maximum Gasteiger partial charge on any atom is 0.570 e. The number of halogens is 3. The number of hydrogen-bond donors (Lipinski definition) is 1. The Bertz CT molecular complexity index is 291. The summed E-state index contributed by atoms with van der Waals surface area (Å²) in [5.74, 6) is -0.308. The van der Waals surface area contributed by atoms with Gasteiger partial charge in [-0.2, -0.15) is 13.2 Å². The molecule has 3 nitrogen and oxygen atoms in total. The van der Waals surface area contributed by atoms with Gasteiger partial charge in [-0.15, -0.1) is 0 Å². The smallest absolute Gasteiger partial charge is 0.523 e. The second kappa shape index (κ2) is 3.65. The fraction of sp³-hybridized carbons (Fsp3) is 0.167. The van der Waals surface area contributed by atoms with Crippen molar-refractivity contribution in [2.24, 2.45) is 0 Å². The van der Waals surface area contributed by atoms with E-state index >= 15 is 0 Å². The summed E-state index contributed by atoms with van der Waals surface area (Å²) < 4.78 is 40.3. The summed E-state index contributed by atoms with van der Waals surface area (Å²) >= 11 is 0.